The quantitative estimate of drug-likeness (QED) is 0.317. The summed E-state index contributed by atoms with van der Waals surface area (Å²) in [5.41, 5.74) is 6.79. The number of nitrogens with two attached hydrogens (primary N) is 1. The zero-order valence-corrected chi connectivity index (χ0v) is 19.2. The van der Waals surface area contributed by atoms with Gasteiger partial charge in [0.1, 0.15) is 12.1 Å². The third kappa shape index (κ3) is 7.00. The van der Waals surface area contributed by atoms with Crippen LogP contribution in [0.3, 0.4) is 0 Å². The van der Waals surface area contributed by atoms with Gasteiger partial charge in [0.15, 0.2) is 6.04 Å². The molecule has 0 saturated carbocycles. The van der Waals surface area contributed by atoms with E-state index in [0.717, 1.165) is 5.56 Å². The van der Waals surface area contributed by atoms with Crippen LogP contribution in [0, 0.1) is 5.92 Å². The molecule has 0 aliphatic carbocycles. The van der Waals surface area contributed by atoms with E-state index in [1.165, 1.54) is 11.8 Å². The van der Waals surface area contributed by atoms with E-state index in [2.05, 4.69) is 10.6 Å². The normalized spacial score (nSPS) is 19.5. The smallest absolute Gasteiger partial charge is 0.328 e. The summed E-state index contributed by atoms with van der Waals surface area (Å²) in [6, 6.07) is 5.05. The van der Waals surface area contributed by atoms with E-state index in [4.69, 9.17) is 5.73 Å². The number of carboxylic acid groups (broad SMARTS) is 1. The predicted molar refractivity (Wildman–Crippen MR) is 121 cm³/mol. The molecule has 1 heterocycles. The molecule has 10 heteroatoms. The fourth-order valence-electron chi connectivity index (χ4n) is 3.76. The van der Waals surface area contributed by atoms with Gasteiger partial charge in [-0.15, -0.1) is 0 Å². The zero-order valence-electron chi connectivity index (χ0n) is 19.2. The first-order chi connectivity index (χ1) is 15.5. The molecule has 33 heavy (non-hydrogen) atoms. The summed E-state index contributed by atoms with van der Waals surface area (Å²) in [5.74, 6) is -3.05. The Kier molecular flexibility index (Phi) is 9.36. The van der Waals surface area contributed by atoms with Gasteiger partial charge in [0.25, 0.3) is 0 Å². The number of hydrogen-bond donors (Lipinski definition) is 5. The summed E-state index contributed by atoms with van der Waals surface area (Å²) in [4.78, 5) is 51.6. The van der Waals surface area contributed by atoms with Crippen LogP contribution in [-0.2, 0) is 25.6 Å². The molecule has 0 radical (unpaired) electrons. The number of aliphatic carboxylic acids is 1. The topological polar surface area (TPSA) is 162 Å². The number of likely N-dealkylation sites (tertiary alicyclic amines) is 1. The molecule has 10 nitrogen and oxygen atoms in total. The van der Waals surface area contributed by atoms with Gasteiger partial charge in [0.2, 0.25) is 17.7 Å². The number of carboxylic acids is 1. The van der Waals surface area contributed by atoms with Crippen molar-refractivity contribution in [3.63, 3.8) is 0 Å². The van der Waals surface area contributed by atoms with Crippen LogP contribution < -0.4 is 16.4 Å². The summed E-state index contributed by atoms with van der Waals surface area (Å²) in [5, 5.41) is 24.0. The maximum atomic E-state index is 13.5. The van der Waals surface area contributed by atoms with E-state index < -0.39 is 54.0 Å². The monoisotopic (exact) mass is 462 g/mol. The number of aliphatic hydroxyl groups is 1. The van der Waals surface area contributed by atoms with Crippen molar-refractivity contribution in [1.82, 2.24) is 15.5 Å². The fraction of sp³-hybridized carbons (Fsp3) is 0.565. The minimum absolute atomic E-state index is 0.129. The Morgan fingerprint density at radius 3 is 2.30 bits per heavy atom. The molecule has 1 aliphatic rings. The summed E-state index contributed by atoms with van der Waals surface area (Å²) in [6.45, 7) is 5.17. The number of rotatable bonds is 10. The van der Waals surface area contributed by atoms with Crippen LogP contribution in [0.1, 0.15) is 39.2 Å². The minimum Gasteiger partial charge on any atom is -0.480 e. The number of aliphatic hydroxyl groups excluding tert-OH is 1. The Morgan fingerprint density at radius 1 is 1.12 bits per heavy atom. The third-order valence-electron chi connectivity index (χ3n) is 5.80. The number of carbonyl (C=O) groups excluding carboxylic acids is 3. The second-order valence-electron chi connectivity index (χ2n) is 8.78. The van der Waals surface area contributed by atoms with Crippen molar-refractivity contribution in [2.24, 2.45) is 11.7 Å². The molecular weight excluding hydrogens is 428 g/mol. The lowest BCUT2D eigenvalue weighted by atomic mass is 10.0. The lowest BCUT2D eigenvalue weighted by Gasteiger charge is -2.30. The largest absolute Gasteiger partial charge is 0.480 e. The Balaban J connectivity index is 2.22. The average Bonchev–Trinajstić information content (AvgIpc) is 3.25. The highest BCUT2D eigenvalue weighted by atomic mass is 16.4. The second kappa shape index (κ2) is 11.8. The average molecular weight is 463 g/mol. The van der Waals surface area contributed by atoms with E-state index in [0.29, 0.717) is 19.4 Å². The van der Waals surface area contributed by atoms with Gasteiger partial charge >= 0.3 is 5.97 Å². The van der Waals surface area contributed by atoms with Crippen LogP contribution in [0.5, 0.6) is 0 Å². The van der Waals surface area contributed by atoms with E-state index in [-0.39, 0.29) is 12.3 Å². The van der Waals surface area contributed by atoms with Gasteiger partial charge in [-0.05, 0) is 31.2 Å². The molecular formula is C23H34N4O6. The van der Waals surface area contributed by atoms with Crippen molar-refractivity contribution in [2.75, 3.05) is 6.54 Å². The first-order valence-electron chi connectivity index (χ1n) is 11.1. The lowest BCUT2D eigenvalue weighted by Crippen LogP contribution is -2.58. The number of amides is 3. The zero-order chi connectivity index (χ0) is 24.7. The lowest BCUT2D eigenvalue weighted by molar-refractivity contribution is -0.147. The van der Waals surface area contributed by atoms with Crippen molar-refractivity contribution in [3.8, 4) is 0 Å². The van der Waals surface area contributed by atoms with Crippen molar-refractivity contribution in [2.45, 2.75) is 70.3 Å². The van der Waals surface area contributed by atoms with Crippen molar-refractivity contribution in [3.05, 3.63) is 35.9 Å². The number of benzene rings is 1. The summed E-state index contributed by atoms with van der Waals surface area (Å²) in [7, 11) is 0. The Labute approximate surface area is 193 Å². The first kappa shape index (κ1) is 26.3. The molecule has 5 atom stereocenters. The maximum Gasteiger partial charge on any atom is 0.328 e. The summed E-state index contributed by atoms with van der Waals surface area (Å²) >= 11 is 0. The highest BCUT2D eigenvalue weighted by Crippen LogP contribution is 2.20. The minimum atomic E-state index is -1.49. The molecule has 6 N–H and O–H groups in total. The van der Waals surface area contributed by atoms with Gasteiger partial charge in [-0.25, -0.2) is 4.79 Å². The van der Waals surface area contributed by atoms with Crippen molar-refractivity contribution < 1.29 is 29.4 Å². The second-order valence-corrected chi connectivity index (χ2v) is 8.78. The van der Waals surface area contributed by atoms with Crippen LogP contribution in [-0.4, -0.2) is 75.6 Å². The van der Waals surface area contributed by atoms with Crippen LogP contribution in [0.4, 0.5) is 0 Å². The number of carbonyl (C=O) groups is 4. The highest BCUT2D eigenvalue weighted by molar-refractivity contribution is 5.94. The standard InChI is InChI=1S/C23H34N4O6/c1-13(2)18(24)21(30)25-16(12-15-8-5-4-6-9-15)22(31)27-11-7-10-17(27)20(29)26-19(14(3)28)23(32)33/h4-6,8-9,13-14,16-19,28H,7,10-12,24H2,1-3H3,(H,25,30)(H,26,29)(H,32,33). The van der Waals surface area contributed by atoms with Crippen LogP contribution in [0.25, 0.3) is 0 Å². The Morgan fingerprint density at radius 2 is 1.76 bits per heavy atom. The SMILES string of the molecule is CC(C)C(N)C(=O)NC(Cc1ccccc1)C(=O)N1CCCC1C(=O)NC(C(=O)O)C(C)O. The molecule has 182 valence electrons. The van der Waals surface area contributed by atoms with Gasteiger partial charge in [0.05, 0.1) is 12.1 Å². The fourth-order valence-corrected chi connectivity index (χ4v) is 3.76. The van der Waals surface area contributed by atoms with Crippen LogP contribution in [0.2, 0.25) is 0 Å². The molecule has 0 spiro atoms. The molecule has 1 fully saturated rings. The van der Waals surface area contributed by atoms with E-state index in [9.17, 15) is 29.4 Å². The van der Waals surface area contributed by atoms with Crippen LogP contribution in [0.15, 0.2) is 30.3 Å². The predicted octanol–water partition coefficient (Wildman–Crippen LogP) is -0.362. The highest BCUT2D eigenvalue weighted by Gasteiger charge is 2.39. The number of nitrogens with zero attached hydrogens (tertiary/aromatic N) is 1. The summed E-state index contributed by atoms with van der Waals surface area (Å²) in [6.07, 6.45) is -0.193. The molecule has 1 saturated heterocycles. The van der Waals surface area contributed by atoms with E-state index in [1.807, 2.05) is 30.3 Å². The van der Waals surface area contributed by atoms with E-state index in [1.54, 1.807) is 13.8 Å². The van der Waals surface area contributed by atoms with Gasteiger partial charge in [-0.2, -0.15) is 0 Å². The first-order valence-corrected chi connectivity index (χ1v) is 11.1. The molecule has 1 aromatic carbocycles. The molecule has 5 unspecified atom stereocenters. The van der Waals surface area contributed by atoms with E-state index >= 15 is 0 Å². The molecule has 1 aliphatic heterocycles. The molecule has 3 amide bonds. The molecule has 2 rings (SSSR count). The van der Waals surface area contributed by atoms with Gasteiger partial charge in [-0.3, -0.25) is 14.4 Å². The van der Waals surface area contributed by atoms with Gasteiger partial charge in [-0.1, -0.05) is 44.2 Å². The maximum absolute atomic E-state index is 13.5. The molecule has 0 bridgehead atoms. The van der Waals surface area contributed by atoms with Crippen molar-refractivity contribution in [1.29, 1.82) is 0 Å². The Bertz CT molecular complexity index is 845. The van der Waals surface area contributed by atoms with Crippen LogP contribution >= 0.6 is 0 Å². The van der Waals surface area contributed by atoms with Gasteiger partial charge in [0, 0.05) is 13.0 Å². The molecule has 1 aromatic rings. The number of hydrogen-bond acceptors (Lipinski definition) is 6. The summed E-state index contributed by atoms with van der Waals surface area (Å²) < 4.78 is 0. The number of nitrogens with one attached hydrogen (secondary N) is 2. The van der Waals surface area contributed by atoms with Gasteiger partial charge < -0.3 is 31.5 Å². The van der Waals surface area contributed by atoms with Crippen molar-refractivity contribution >= 4 is 23.7 Å². The molecule has 0 aromatic heterocycles. The third-order valence-corrected chi connectivity index (χ3v) is 5.80. The Hall–Kier alpha value is -2.98.